The monoisotopic (exact) mass is 586 g/mol. The summed E-state index contributed by atoms with van der Waals surface area (Å²) >= 11 is 3.98. The van der Waals surface area contributed by atoms with Crippen molar-refractivity contribution in [1.29, 1.82) is 0 Å². The number of halogens is 2. The second kappa shape index (κ2) is 6.93. The van der Waals surface area contributed by atoms with Gasteiger partial charge in [-0.25, -0.2) is 4.79 Å². The third kappa shape index (κ3) is 2.96. The van der Waals surface area contributed by atoms with E-state index in [0.29, 0.717) is 24.1 Å². The molecule has 0 saturated carbocycles. The lowest BCUT2D eigenvalue weighted by Crippen LogP contribution is -2.33. The third-order valence-corrected chi connectivity index (χ3v) is 6.85. The van der Waals surface area contributed by atoms with Crippen molar-refractivity contribution in [3.8, 4) is 0 Å². The van der Waals surface area contributed by atoms with Crippen LogP contribution in [0, 0.1) is 5.92 Å². The number of fused-ring (bicyclic) bond motifs is 2. The summed E-state index contributed by atoms with van der Waals surface area (Å²) in [6.07, 6.45) is 6.06. The molecule has 1 aliphatic heterocycles. The van der Waals surface area contributed by atoms with Crippen LogP contribution in [0.4, 0.5) is 0 Å². The summed E-state index contributed by atoms with van der Waals surface area (Å²) in [6, 6.07) is 6.80. The van der Waals surface area contributed by atoms with Crippen LogP contribution in [-0.4, -0.2) is 28.1 Å². The SMILES string of the molecule is O=C1C=CC2=C(c3ccccc3C(=O)O)C3C=CC(O)=C(I)C3OC2=C1I. The largest absolute Gasteiger partial charge is 0.507 e. The van der Waals surface area contributed by atoms with Crippen LogP contribution in [-0.2, 0) is 9.53 Å². The summed E-state index contributed by atoms with van der Waals surface area (Å²) in [5.41, 5.74) is 2.23. The van der Waals surface area contributed by atoms with Crippen LogP contribution in [0.3, 0.4) is 0 Å². The minimum atomic E-state index is -1.02. The lowest BCUT2D eigenvalue weighted by molar-refractivity contribution is -0.110. The van der Waals surface area contributed by atoms with E-state index in [9.17, 15) is 19.8 Å². The normalized spacial score (nSPS) is 24.0. The van der Waals surface area contributed by atoms with E-state index in [-0.39, 0.29) is 23.0 Å². The molecule has 5 nitrogen and oxygen atoms in total. The molecule has 1 heterocycles. The van der Waals surface area contributed by atoms with Gasteiger partial charge in [-0.1, -0.05) is 24.3 Å². The van der Waals surface area contributed by atoms with Gasteiger partial charge in [-0.3, -0.25) is 4.79 Å². The molecule has 2 N–H and O–H groups in total. The summed E-state index contributed by atoms with van der Waals surface area (Å²) in [7, 11) is 0. The van der Waals surface area contributed by atoms with Crippen LogP contribution in [0.2, 0.25) is 0 Å². The molecule has 136 valence electrons. The predicted molar refractivity (Wildman–Crippen MR) is 117 cm³/mol. The molecule has 1 aromatic rings. The fourth-order valence-electron chi connectivity index (χ4n) is 3.45. The first kappa shape index (κ1) is 18.5. The van der Waals surface area contributed by atoms with Gasteiger partial charge in [0.2, 0.25) is 0 Å². The van der Waals surface area contributed by atoms with Crippen molar-refractivity contribution in [2.24, 2.45) is 5.92 Å². The molecule has 27 heavy (non-hydrogen) atoms. The Kier molecular flexibility index (Phi) is 4.75. The first-order chi connectivity index (χ1) is 12.9. The van der Waals surface area contributed by atoms with Gasteiger partial charge in [0.15, 0.2) is 5.78 Å². The summed E-state index contributed by atoms with van der Waals surface area (Å²) < 4.78 is 7.18. The van der Waals surface area contributed by atoms with Gasteiger partial charge >= 0.3 is 5.97 Å². The van der Waals surface area contributed by atoms with E-state index in [0.717, 1.165) is 5.57 Å². The highest BCUT2D eigenvalue weighted by Gasteiger charge is 2.41. The molecule has 0 aromatic heterocycles. The van der Waals surface area contributed by atoms with Crippen molar-refractivity contribution in [2.75, 3.05) is 0 Å². The molecule has 0 radical (unpaired) electrons. The van der Waals surface area contributed by atoms with Crippen LogP contribution in [0.15, 0.2) is 72.8 Å². The van der Waals surface area contributed by atoms with Gasteiger partial charge in [0, 0.05) is 11.5 Å². The Balaban J connectivity index is 2.04. The Hall–Kier alpha value is -1.88. The standard InChI is InChI=1S/C20H12I2O5/c21-16-13(23)7-5-11-15(9-3-1-2-4-10(9)20(25)26)12-6-8-14(24)17(22)19(12)27-18(11)16/h1-8,11,18,23H,(H,25,26). The number of ketones is 1. The number of carbonyl (C=O) groups is 2. The third-order valence-electron chi connectivity index (χ3n) is 4.66. The van der Waals surface area contributed by atoms with E-state index in [1.54, 1.807) is 36.4 Å². The number of aromatic carboxylic acids is 1. The van der Waals surface area contributed by atoms with E-state index in [1.807, 2.05) is 51.3 Å². The zero-order valence-corrected chi connectivity index (χ0v) is 18.0. The number of rotatable bonds is 2. The van der Waals surface area contributed by atoms with E-state index in [4.69, 9.17) is 4.74 Å². The Morgan fingerprint density at radius 2 is 1.85 bits per heavy atom. The highest BCUT2D eigenvalue weighted by Crippen LogP contribution is 2.49. The minimum Gasteiger partial charge on any atom is -0.507 e. The maximum absolute atomic E-state index is 12.1. The number of carbonyl (C=O) groups excluding carboxylic acids is 1. The number of hydrogen-bond acceptors (Lipinski definition) is 4. The number of benzene rings is 1. The number of aliphatic hydroxyl groups is 1. The number of ether oxygens (including phenoxy) is 1. The van der Waals surface area contributed by atoms with Crippen molar-refractivity contribution in [3.63, 3.8) is 0 Å². The summed E-state index contributed by atoms with van der Waals surface area (Å²) in [6.45, 7) is 0. The molecule has 0 bridgehead atoms. The quantitative estimate of drug-likeness (QED) is 0.491. The molecule has 4 rings (SSSR count). The number of allylic oxidation sites excluding steroid dienone is 4. The van der Waals surface area contributed by atoms with Gasteiger partial charge in [0.25, 0.3) is 0 Å². The van der Waals surface area contributed by atoms with Crippen LogP contribution >= 0.6 is 45.2 Å². The fraction of sp³-hybridized carbons (Fsp3) is 0.100. The van der Waals surface area contributed by atoms with Gasteiger partial charge in [-0.15, -0.1) is 0 Å². The topological polar surface area (TPSA) is 83.8 Å². The number of carboxylic acids is 1. The van der Waals surface area contributed by atoms with Gasteiger partial charge in [-0.2, -0.15) is 0 Å². The number of aliphatic hydroxyl groups excluding tert-OH is 1. The van der Waals surface area contributed by atoms with Gasteiger partial charge in [0.1, 0.15) is 21.2 Å². The Morgan fingerprint density at radius 1 is 1.11 bits per heavy atom. The summed E-state index contributed by atoms with van der Waals surface area (Å²) in [5, 5.41) is 19.8. The van der Waals surface area contributed by atoms with Gasteiger partial charge < -0.3 is 14.9 Å². The second-order valence-electron chi connectivity index (χ2n) is 6.18. The van der Waals surface area contributed by atoms with E-state index in [2.05, 4.69) is 0 Å². The number of hydrogen-bond donors (Lipinski definition) is 2. The van der Waals surface area contributed by atoms with E-state index < -0.39 is 12.1 Å². The zero-order valence-electron chi connectivity index (χ0n) is 13.6. The molecule has 7 heteroatoms. The molecule has 1 aromatic carbocycles. The Labute approximate surface area is 182 Å². The average Bonchev–Trinajstić information content (AvgIpc) is 2.66. The predicted octanol–water partition coefficient (Wildman–Crippen LogP) is 4.71. The first-order valence-electron chi connectivity index (χ1n) is 8.03. The average molecular weight is 586 g/mol. The molecule has 0 spiro atoms. The van der Waals surface area contributed by atoms with Crippen molar-refractivity contribution >= 4 is 62.5 Å². The second-order valence-corrected chi connectivity index (χ2v) is 8.42. The molecule has 2 atom stereocenters. The van der Waals surface area contributed by atoms with E-state index >= 15 is 0 Å². The summed E-state index contributed by atoms with van der Waals surface area (Å²) in [4.78, 5) is 24.0. The maximum atomic E-state index is 12.1. The Bertz CT molecular complexity index is 1040. The molecule has 0 fully saturated rings. The van der Waals surface area contributed by atoms with E-state index in [1.165, 1.54) is 6.08 Å². The van der Waals surface area contributed by atoms with Crippen LogP contribution in [0.25, 0.3) is 5.57 Å². The van der Waals surface area contributed by atoms with Gasteiger partial charge in [0.05, 0.1) is 9.14 Å². The van der Waals surface area contributed by atoms with Gasteiger partial charge in [-0.05, 0) is 80.6 Å². The molecular formula is C20H12I2O5. The molecule has 2 unspecified atom stereocenters. The number of carboxylic acid groups (broad SMARTS) is 1. The van der Waals surface area contributed by atoms with Crippen molar-refractivity contribution in [2.45, 2.75) is 6.10 Å². The van der Waals surface area contributed by atoms with Crippen LogP contribution in [0.5, 0.6) is 0 Å². The fourth-order valence-corrected chi connectivity index (χ4v) is 4.74. The molecule has 0 saturated heterocycles. The molecule has 3 aliphatic rings. The lowest BCUT2D eigenvalue weighted by atomic mass is 9.77. The molecule has 2 aliphatic carbocycles. The maximum Gasteiger partial charge on any atom is 0.336 e. The van der Waals surface area contributed by atoms with Crippen molar-refractivity contribution in [1.82, 2.24) is 0 Å². The highest BCUT2D eigenvalue weighted by atomic mass is 127. The van der Waals surface area contributed by atoms with Crippen molar-refractivity contribution < 1.29 is 24.5 Å². The van der Waals surface area contributed by atoms with Crippen LogP contribution in [0.1, 0.15) is 15.9 Å². The first-order valence-corrected chi connectivity index (χ1v) is 10.2. The molecule has 0 amide bonds. The lowest BCUT2D eigenvalue weighted by Gasteiger charge is -2.38. The van der Waals surface area contributed by atoms with Crippen LogP contribution < -0.4 is 0 Å². The van der Waals surface area contributed by atoms with Crippen molar-refractivity contribution in [3.05, 3.63) is 83.9 Å². The highest BCUT2D eigenvalue weighted by molar-refractivity contribution is 14.1. The molecular weight excluding hydrogens is 574 g/mol. The Morgan fingerprint density at radius 3 is 2.59 bits per heavy atom. The smallest absolute Gasteiger partial charge is 0.336 e. The minimum absolute atomic E-state index is 0.111. The zero-order chi connectivity index (χ0) is 19.3. The summed E-state index contributed by atoms with van der Waals surface area (Å²) in [5.74, 6) is -0.927.